The zero-order valence-electron chi connectivity index (χ0n) is 13.6. The first-order valence-electron chi connectivity index (χ1n) is 7.64. The first-order valence-corrected chi connectivity index (χ1v) is 9.08. The largest absolute Gasteiger partial charge is 0.468 e. The van der Waals surface area contributed by atoms with Crippen LogP contribution in [-0.2, 0) is 16.6 Å². The fourth-order valence-corrected chi connectivity index (χ4v) is 3.91. The normalized spacial score (nSPS) is 11.8. The summed E-state index contributed by atoms with van der Waals surface area (Å²) in [6, 6.07) is 18.4. The maximum absolute atomic E-state index is 13.0. The Morgan fingerprint density at radius 3 is 2.29 bits per heavy atom. The number of sulfonamides is 1. The van der Waals surface area contributed by atoms with Gasteiger partial charge in [-0.25, -0.2) is 8.42 Å². The molecule has 1 aromatic heterocycles. The van der Waals surface area contributed by atoms with E-state index in [4.69, 9.17) is 4.42 Å². The Labute approximate surface area is 142 Å². The lowest BCUT2D eigenvalue weighted by molar-refractivity contribution is 0.404. The van der Waals surface area contributed by atoms with E-state index in [-0.39, 0.29) is 6.54 Å². The molecule has 0 aliphatic rings. The average molecular weight is 341 g/mol. The van der Waals surface area contributed by atoms with Crippen LogP contribution in [0.2, 0.25) is 0 Å². The van der Waals surface area contributed by atoms with E-state index < -0.39 is 10.0 Å². The number of aryl methyl sites for hydroxylation is 1. The summed E-state index contributed by atoms with van der Waals surface area (Å²) < 4.78 is 32.8. The van der Waals surface area contributed by atoms with E-state index in [1.807, 2.05) is 55.5 Å². The molecular formula is C19H19NO3S. The van der Waals surface area contributed by atoms with Crippen LogP contribution in [0, 0.1) is 6.92 Å². The first kappa shape index (κ1) is 16.5. The summed E-state index contributed by atoms with van der Waals surface area (Å²) in [5, 5.41) is 0. The molecule has 0 fully saturated rings. The van der Waals surface area contributed by atoms with Gasteiger partial charge in [0.25, 0.3) is 0 Å². The van der Waals surface area contributed by atoms with Gasteiger partial charge in [-0.05, 0) is 30.2 Å². The topological polar surface area (TPSA) is 50.5 Å². The number of hydrogen-bond acceptors (Lipinski definition) is 3. The van der Waals surface area contributed by atoms with Gasteiger partial charge in [0.05, 0.1) is 17.7 Å². The summed E-state index contributed by atoms with van der Waals surface area (Å²) in [5.41, 5.74) is 2.51. The molecule has 0 spiro atoms. The van der Waals surface area contributed by atoms with E-state index in [0.717, 1.165) is 11.1 Å². The Morgan fingerprint density at radius 1 is 0.958 bits per heavy atom. The molecule has 0 atom stereocenters. The summed E-state index contributed by atoms with van der Waals surface area (Å²) in [4.78, 5) is 0.294. The minimum atomic E-state index is -3.64. The van der Waals surface area contributed by atoms with Crippen molar-refractivity contribution in [3.63, 3.8) is 0 Å². The summed E-state index contributed by atoms with van der Waals surface area (Å²) >= 11 is 0. The number of benzene rings is 2. The molecule has 0 aliphatic carbocycles. The fraction of sp³-hybridized carbons (Fsp3) is 0.158. The molecule has 3 aromatic rings. The van der Waals surface area contributed by atoms with Crippen LogP contribution in [-0.4, -0.2) is 19.8 Å². The van der Waals surface area contributed by atoms with Crippen molar-refractivity contribution in [1.29, 1.82) is 0 Å². The molecule has 0 saturated heterocycles. The van der Waals surface area contributed by atoms with Gasteiger partial charge in [0.1, 0.15) is 5.76 Å². The fourth-order valence-electron chi connectivity index (χ4n) is 2.57. The highest BCUT2D eigenvalue weighted by atomic mass is 32.2. The maximum atomic E-state index is 13.0. The molecule has 4 nitrogen and oxygen atoms in total. The SMILES string of the molecule is Cc1ccoc1CN(C)S(=O)(=O)c1ccccc1-c1ccccc1. The molecular weight excluding hydrogens is 322 g/mol. The van der Waals surface area contributed by atoms with Gasteiger partial charge in [0.2, 0.25) is 10.0 Å². The summed E-state index contributed by atoms with van der Waals surface area (Å²) in [6.07, 6.45) is 1.57. The second-order valence-electron chi connectivity index (χ2n) is 5.65. The standard InChI is InChI=1S/C19H19NO3S/c1-15-12-13-23-18(15)14-20(2)24(21,22)19-11-7-6-10-17(19)16-8-4-3-5-9-16/h3-13H,14H2,1-2H3. The van der Waals surface area contributed by atoms with E-state index in [1.54, 1.807) is 25.4 Å². The molecule has 0 aliphatic heterocycles. The molecule has 0 saturated carbocycles. The lowest BCUT2D eigenvalue weighted by atomic mass is 10.1. The van der Waals surface area contributed by atoms with Gasteiger partial charge >= 0.3 is 0 Å². The third-order valence-corrected chi connectivity index (χ3v) is 5.86. The van der Waals surface area contributed by atoms with Crippen LogP contribution < -0.4 is 0 Å². The predicted octanol–water partition coefficient (Wildman–Crippen LogP) is 4.08. The lowest BCUT2D eigenvalue weighted by Crippen LogP contribution is -2.27. The van der Waals surface area contributed by atoms with Crippen molar-refractivity contribution < 1.29 is 12.8 Å². The van der Waals surface area contributed by atoms with Crippen LogP contribution in [0.5, 0.6) is 0 Å². The predicted molar refractivity (Wildman–Crippen MR) is 94.0 cm³/mol. The van der Waals surface area contributed by atoms with Crippen molar-refractivity contribution in [1.82, 2.24) is 4.31 Å². The van der Waals surface area contributed by atoms with Crippen molar-refractivity contribution in [2.75, 3.05) is 7.05 Å². The van der Waals surface area contributed by atoms with Crippen molar-refractivity contribution in [3.05, 3.63) is 78.3 Å². The maximum Gasteiger partial charge on any atom is 0.243 e. The second-order valence-corrected chi connectivity index (χ2v) is 7.66. The first-order chi connectivity index (χ1) is 11.5. The van der Waals surface area contributed by atoms with Crippen molar-refractivity contribution in [3.8, 4) is 11.1 Å². The molecule has 1 heterocycles. The van der Waals surface area contributed by atoms with Gasteiger partial charge in [0, 0.05) is 12.6 Å². The molecule has 3 rings (SSSR count). The zero-order chi connectivity index (χ0) is 17.2. The molecule has 0 bridgehead atoms. The van der Waals surface area contributed by atoms with E-state index in [1.165, 1.54) is 4.31 Å². The molecule has 5 heteroatoms. The summed E-state index contributed by atoms with van der Waals surface area (Å²) in [7, 11) is -2.07. The highest BCUT2D eigenvalue weighted by molar-refractivity contribution is 7.89. The third kappa shape index (κ3) is 3.13. The third-order valence-electron chi connectivity index (χ3n) is 3.99. The van der Waals surface area contributed by atoms with E-state index in [0.29, 0.717) is 16.2 Å². The van der Waals surface area contributed by atoms with Crippen LogP contribution in [0.4, 0.5) is 0 Å². The Hall–Kier alpha value is -2.37. The zero-order valence-corrected chi connectivity index (χ0v) is 14.5. The molecule has 0 amide bonds. The molecule has 124 valence electrons. The average Bonchev–Trinajstić information content (AvgIpc) is 3.00. The van der Waals surface area contributed by atoms with Gasteiger partial charge in [-0.1, -0.05) is 48.5 Å². The second kappa shape index (κ2) is 6.63. The molecule has 0 N–H and O–H groups in total. The number of nitrogens with zero attached hydrogens (tertiary/aromatic N) is 1. The van der Waals surface area contributed by atoms with Crippen molar-refractivity contribution >= 4 is 10.0 Å². The van der Waals surface area contributed by atoms with Crippen LogP contribution in [0.15, 0.2) is 76.2 Å². The molecule has 24 heavy (non-hydrogen) atoms. The molecule has 0 unspecified atom stereocenters. The van der Waals surface area contributed by atoms with E-state index >= 15 is 0 Å². The minimum Gasteiger partial charge on any atom is -0.468 e. The van der Waals surface area contributed by atoms with Gasteiger partial charge in [-0.15, -0.1) is 0 Å². The minimum absolute atomic E-state index is 0.199. The Morgan fingerprint density at radius 2 is 1.62 bits per heavy atom. The van der Waals surface area contributed by atoms with E-state index in [9.17, 15) is 8.42 Å². The number of hydrogen-bond donors (Lipinski definition) is 0. The van der Waals surface area contributed by atoms with Crippen molar-refractivity contribution in [2.24, 2.45) is 0 Å². The number of furan rings is 1. The molecule has 0 radical (unpaired) electrons. The Kier molecular flexibility index (Phi) is 4.55. The van der Waals surface area contributed by atoms with Crippen LogP contribution >= 0.6 is 0 Å². The van der Waals surface area contributed by atoms with Crippen LogP contribution in [0.1, 0.15) is 11.3 Å². The summed E-state index contributed by atoms with van der Waals surface area (Å²) in [6.45, 7) is 2.10. The van der Waals surface area contributed by atoms with Crippen LogP contribution in [0.3, 0.4) is 0 Å². The van der Waals surface area contributed by atoms with Crippen molar-refractivity contribution in [2.45, 2.75) is 18.4 Å². The molecule has 2 aromatic carbocycles. The smallest absolute Gasteiger partial charge is 0.243 e. The Bertz CT molecular complexity index is 930. The Balaban J connectivity index is 2.00. The van der Waals surface area contributed by atoms with Gasteiger partial charge < -0.3 is 4.42 Å². The number of rotatable bonds is 5. The van der Waals surface area contributed by atoms with Crippen LogP contribution in [0.25, 0.3) is 11.1 Å². The highest BCUT2D eigenvalue weighted by Crippen LogP contribution is 2.29. The van der Waals surface area contributed by atoms with Gasteiger partial charge in [-0.3, -0.25) is 0 Å². The monoisotopic (exact) mass is 341 g/mol. The van der Waals surface area contributed by atoms with Gasteiger partial charge in [-0.2, -0.15) is 4.31 Å². The van der Waals surface area contributed by atoms with Gasteiger partial charge in [0.15, 0.2) is 0 Å². The lowest BCUT2D eigenvalue weighted by Gasteiger charge is -2.19. The summed E-state index contributed by atoms with van der Waals surface area (Å²) in [5.74, 6) is 0.651. The van der Waals surface area contributed by atoms with E-state index in [2.05, 4.69) is 0 Å². The quantitative estimate of drug-likeness (QED) is 0.703. The highest BCUT2D eigenvalue weighted by Gasteiger charge is 2.25.